The van der Waals surface area contributed by atoms with Crippen molar-refractivity contribution in [2.45, 2.75) is 13.3 Å². The van der Waals surface area contributed by atoms with Crippen molar-refractivity contribution in [3.8, 4) is 5.75 Å². The second-order valence-corrected chi connectivity index (χ2v) is 4.36. The SMILES string of the molecule is CCCOCCOc1cc(Br)cc(C(=O)O)c1. The third-order valence-corrected chi connectivity index (χ3v) is 2.42. The van der Waals surface area contributed by atoms with Crippen molar-refractivity contribution in [1.29, 1.82) is 0 Å². The van der Waals surface area contributed by atoms with E-state index >= 15 is 0 Å². The van der Waals surface area contributed by atoms with Gasteiger partial charge in [-0.05, 0) is 24.6 Å². The zero-order valence-corrected chi connectivity index (χ0v) is 11.2. The van der Waals surface area contributed by atoms with E-state index in [9.17, 15) is 4.79 Å². The van der Waals surface area contributed by atoms with E-state index in [1.54, 1.807) is 6.07 Å². The minimum Gasteiger partial charge on any atom is -0.491 e. The molecule has 17 heavy (non-hydrogen) atoms. The lowest BCUT2D eigenvalue weighted by molar-refractivity contribution is 0.0696. The Balaban J connectivity index is 2.50. The van der Waals surface area contributed by atoms with Crippen LogP contribution in [0.3, 0.4) is 0 Å². The largest absolute Gasteiger partial charge is 0.491 e. The first-order valence-electron chi connectivity index (χ1n) is 5.38. The third-order valence-electron chi connectivity index (χ3n) is 1.96. The quantitative estimate of drug-likeness (QED) is 0.787. The van der Waals surface area contributed by atoms with Crippen LogP contribution in [0.15, 0.2) is 22.7 Å². The van der Waals surface area contributed by atoms with Crippen LogP contribution in [0.4, 0.5) is 0 Å². The molecule has 0 fully saturated rings. The smallest absolute Gasteiger partial charge is 0.335 e. The molecule has 0 atom stereocenters. The van der Waals surface area contributed by atoms with Crippen molar-refractivity contribution in [3.63, 3.8) is 0 Å². The molecule has 0 aliphatic carbocycles. The van der Waals surface area contributed by atoms with Gasteiger partial charge in [0.25, 0.3) is 0 Å². The molecule has 0 amide bonds. The summed E-state index contributed by atoms with van der Waals surface area (Å²) >= 11 is 3.24. The summed E-state index contributed by atoms with van der Waals surface area (Å²) in [7, 11) is 0. The Morgan fingerprint density at radius 1 is 1.29 bits per heavy atom. The Labute approximate surface area is 109 Å². The first-order valence-corrected chi connectivity index (χ1v) is 6.17. The van der Waals surface area contributed by atoms with E-state index in [0.717, 1.165) is 6.42 Å². The summed E-state index contributed by atoms with van der Waals surface area (Å²) in [5, 5.41) is 8.87. The van der Waals surface area contributed by atoms with Gasteiger partial charge in [0, 0.05) is 11.1 Å². The average molecular weight is 303 g/mol. The maximum absolute atomic E-state index is 10.8. The van der Waals surface area contributed by atoms with Gasteiger partial charge in [0.1, 0.15) is 12.4 Å². The Morgan fingerprint density at radius 3 is 2.71 bits per heavy atom. The number of hydrogen-bond acceptors (Lipinski definition) is 3. The highest BCUT2D eigenvalue weighted by atomic mass is 79.9. The number of carboxylic acid groups (broad SMARTS) is 1. The lowest BCUT2D eigenvalue weighted by Gasteiger charge is -2.08. The fourth-order valence-electron chi connectivity index (χ4n) is 1.23. The standard InChI is InChI=1S/C12H15BrO4/c1-2-3-16-4-5-17-11-7-9(12(14)15)6-10(13)8-11/h6-8H,2-5H2,1H3,(H,14,15). The number of carboxylic acids is 1. The topological polar surface area (TPSA) is 55.8 Å². The van der Waals surface area contributed by atoms with Crippen molar-refractivity contribution in [3.05, 3.63) is 28.2 Å². The van der Waals surface area contributed by atoms with Gasteiger partial charge in [-0.1, -0.05) is 22.9 Å². The second kappa shape index (κ2) is 7.29. The monoisotopic (exact) mass is 302 g/mol. The fraction of sp³-hybridized carbons (Fsp3) is 0.417. The zero-order valence-electron chi connectivity index (χ0n) is 9.61. The van der Waals surface area contributed by atoms with Crippen molar-refractivity contribution < 1.29 is 19.4 Å². The van der Waals surface area contributed by atoms with Crippen LogP contribution in [0.25, 0.3) is 0 Å². The first-order chi connectivity index (χ1) is 8.13. The van der Waals surface area contributed by atoms with E-state index in [-0.39, 0.29) is 5.56 Å². The van der Waals surface area contributed by atoms with Crippen LogP contribution in [0, 0.1) is 0 Å². The van der Waals surface area contributed by atoms with Crippen molar-refractivity contribution >= 4 is 21.9 Å². The molecule has 0 saturated heterocycles. The molecule has 0 saturated carbocycles. The maximum Gasteiger partial charge on any atom is 0.335 e. The molecule has 94 valence electrons. The van der Waals surface area contributed by atoms with Gasteiger partial charge in [0.15, 0.2) is 0 Å². The summed E-state index contributed by atoms with van der Waals surface area (Å²) in [6, 6.07) is 4.75. The van der Waals surface area contributed by atoms with Crippen LogP contribution < -0.4 is 4.74 Å². The van der Waals surface area contributed by atoms with Crippen LogP contribution in [-0.2, 0) is 4.74 Å². The number of ether oxygens (including phenoxy) is 2. The Kier molecular flexibility index (Phi) is 6.00. The predicted octanol–water partition coefficient (Wildman–Crippen LogP) is 2.95. The van der Waals surface area contributed by atoms with Gasteiger partial charge in [0.2, 0.25) is 0 Å². The first kappa shape index (κ1) is 14.0. The number of aromatic carboxylic acids is 1. The van der Waals surface area contributed by atoms with Crippen molar-refractivity contribution in [2.75, 3.05) is 19.8 Å². The Morgan fingerprint density at radius 2 is 2.06 bits per heavy atom. The van der Waals surface area contributed by atoms with E-state index in [0.29, 0.717) is 30.0 Å². The molecule has 1 N–H and O–H groups in total. The second-order valence-electron chi connectivity index (χ2n) is 3.44. The van der Waals surface area contributed by atoms with E-state index < -0.39 is 5.97 Å². The average Bonchev–Trinajstić information content (AvgIpc) is 2.28. The maximum atomic E-state index is 10.8. The van der Waals surface area contributed by atoms with Gasteiger partial charge in [-0.25, -0.2) is 4.79 Å². The Bertz CT molecular complexity index is 379. The highest BCUT2D eigenvalue weighted by Crippen LogP contribution is 2.21. The zero-order chi connectivity index (χ0) is 12.7. The molecule has 0 spiro atoms. The van der Waals surface area contributed by atoms with Gasteiger partial charge >= 0.3 is 5.97 Å². The summed E-state index contributed by atoms with van der Waals surface area (Å²) < 4.78 is 11.3. The van der Waals surface area contributed by atoms with E-state index in [4.69, 9.17) is 14.6 Å². The van der Waals surface area contributed by atoms with Crippen LogP contribution >= 0.6 is 15.9 Å². The molecule has 0 bridgehead atoms. The fourth-order valence-corrected chi connectivity index (χ4v) is 1.71. The van der Waals surface area contributed by atoms with Gasteiger partial charge < -0.3 is 14.6 Å². The summed E-state index contributed by atoms with van der Waals surface area (Å²) in [4.78, 5) is 10.8. The molecule has 0 aliphatic heterocycles. The number of carbonyl (C=O) groups is 1. The molecule has 0 heterocycles. The highest BCUT2D eigenvalue weighted by Gasteiger charge is 2.06. The molecule has 0 unspecified atom stereocenters. The number of rotatable bonds is 7. The lowest BCUT2D eigenvalue weighted by Crippen LogP contribution is -2.07. The summed E-state index contributed by atoms with van der Waals surface area (Å²) in [6.45, 7) is 3.66. The summed E-state index contributed by atoms with van der Waals surface area (Å²) in [5.41, 5.74) is 0.198. The molecular formula is C12H15BrO4. The van der Waals surface area contributed by atoms with Crippen LogP contribution in [0.5, 0.6) is 5.75 Å². The normalized spacial score (nSPS) is 10.2. The van der Waals surface area contributed by atoms with Crippen LogP contribution in [0.2, 0.25) is 0 Å². The van der Waals surface area contributed by atoms with Crippen LogP contribution in [-0.4, -0.2) is 30.9 Å². The number of benzene rings is 1. The van der Waals surface area contributed by atoms with Crippen molar-refractivity contribution in [2.24, 2.45) is 0 Å². The van der Waals surface area contributed by atoms with Gasteiger partial charge in [-0.15, -0.1) is 0 Å². The molecule has 1 aromatic rings. The molecule has 0 aromatic heterocycles. The van der Waals surface area contributed by atoms with Crippen molar-refractivity contribution in [1.82, 2.24) is 0 Å². The number of hydrogen-bond donors (Lipinski definition) is 1. The van der Waals surface area contributed by atoms with E-state index in [2.05, 4.69) is 15.9 Å². The third kappa shape index (κ3) is 5.19. The molecule has 4 nitrogen and oxygen atoms in total. The summed E-state index contributed by atoms with van der Waals surface area (Å²) in [5.74, 6) is -0.449. The van der Waals surface area contributed by atoms with Gasteiger partial charge in [-0.2, -0.15) is 0 Å². The number of halogens is 1. The predicted molar refractivity (Wildman–Crippen MR) is 67.7 cm³/mol. The Hall–Kier alpha value is -1.07. The van der Waals surface area contributed by atoms with Gasteiger partial charge in [-0.3, -0.25) is 0 Å². The highest BCUT2D eigenvalue weighted by molar-refractivity contribution is 9.10. The molecular weight excluding hydrogens is 288 g/mol. The minimum atomic E-state index is -0.974. The van der Waals surface area contributed by atoms with E-state index in [1.807, 2.05) is 6.92 Å². The molecule has 0 aliphatic rings. The van der Waals surface area contributed by atoms with Gasteiger partial charge in [0.05, 0.1) is 12.2 Å². The molecule has 0 radical (unpaired) electrons. The summed E-state index contributed by atoms with van der Waals surface area (Å²) in [6.07, 6.45) is 0.972. The lowest BCUT2D eigenvalue weighted by atomic mass is 10.2. The van der Waals surface area contributed by atoms with Crippen LogP contribution in [0.1, 0.15) is 23.7 Å². The molecule has 1 aromatic carbocycles. The molecule has 5 heteroatoms. The van der Waals surface area contributed by atoms with E-state index in [1.165, 1.54) is 12.1 Å². The molecule has 1 rings (SSSR count). The minimum absolute atomic E-state index is 0.198.